The van der Waals surface area contributed by atoms with Crippen LogP contribution >= 0.6 is 0 Å². The van der Waals surface area contributed by atoms with Crippen molar-refractivity contribution >= 4 is 0 Å². The maximum atomic E-state index is 2.54. The summed E-state index contributed by atoms with van der Waals surface area (Å²) in [5.74, 6) is 3.89. The molecule has 0 aromatic heterocycles. The molecule has 1 aliphatic rings. The molecule has 0 spiro atoms. The van der Waals surface area contributed by atoms with Crippen LogP contribution in [0.5, 0.6) is 0 Å². The molecule has 0 aromatic carbocycles. The smallest absolute Gasteiger partial charge is 0.0388 e. The Hall–Kier alpha value is 0. The zero-order chi connectivity index (χ0) is 13.4. The molecule has 0 heterocycles. The van der Waals surface area contributed by atoms with Crippen molar-refractivity contribution in [3.8, 4) is 0 Å². The quantitative estimate of drug-likeness (QED) is 0.457. The van der Waals surface area contributed by atoms with Crippen LogP contribution in [0.4, 0.5) is 0 Å². The van der Waals surface area contributed by atoms with Crippen LogP contribution < -0.4 is 0 Å². The van der Waals surface area contributed by atoms with E-state index in [9.17, 15) is 0 Å². The van der Waals surface area contributed by atoms with E-state index in [-0.39, 0.29) is 0 Å². The first-order chi connectivity index (χ1) is 8.63. The number of rotatable bonds is 7. The van der Waals surface area contributed by atoms with Crippen LogP contribution in [0.15, 0.2) is 0 Å². The van der Waals surface area contributed by atoms with Crippen LogP contribution in [0.2, 0.25) is 0 Å². The van der Waals surface area contributed by atoms with Crippen LogP contribution in [0.1, 0.15) is 91.9 Å². The second-order valence-corrected chi connectivity index (χ2v) is 7.21. The maximum Gasteiger partial charge on any atom is -0.0388 e. The fourth-order valence-corrected chi connectivity index (χ4v) is 3.66. The maximum absolute atomic E-state index is 2.54. The Kier molecular flexibility index (Phi) is 8.02. The Labute approximate surface area is 116 Å². The molecule has 0 aliphatic heterocycles. The Morgan fingerprint density at radius 1 is 0.889 bits per heavy atom. The van der Waals surface area contributed by atoms with Crippen molar-refractivity contribution in [3.05, 3.63) is 0 Å². The van der Waals surface area contributed by atoms with Gasteiger partial charge in [0.25, 0.3) is 0 Å². The average Bonchev–Trinajstić information content (AvgIpc) is 2.62. The van der Waals surface area contributed by atoms with Gasteiger partial charge in [0, 0.05) is 0 Å². The van der Waals surface area contributed by atoms with Gasteiger partial charge in [0.2, 0.25) is 0 Å². The van der Waals surface area contributed by atoms with E-state index in [1.54, 1.807) is 0 Å². The topological polar surface area (TPSA) is 0 Å². The molecule has 0 saturated heterocycles. The van der Waals surface area contributed by atoms with E-state index in [1.165, 1.54) is 64.2 Å². The number of hydrogen-bond donors (Lipinski definition) is 0. The first-order valence-corrected chi connectivity index (χ1v) is 8.63. The molecular weight excluding hydrogens is 216 g/mol. The second-order valence-electron chi connectivity index (χ2n) is 7.21. The van der Waals surface area contributed by atoms with E-state index < -0.39 is 0 Å². The van der Waals surface area contributed by atoms with Crippen molar-refractivity contribution in [3.63, 3.8) is 0 Å². The fourth-order valence-electron chi connectivity index (χ4n) is 3.66. The summed E-state index contributed by atoms with van der Waals surface area (Å²) in [5.41, 5.74) is 0. The SMILES string of the molecule is CCC(CCC(C)C)CC(C)C1CCCCCC1. The lowest BCUT2D eigenvalue weighted by Crippen LogP contribution is -2.15. The van der Waals surface area contributed by atoms with Crippen LogP contribution in [-0.4, -0.2) is 0 Å². The molecule has 1 rings (SSSR count). The van der Waals surface area contributed by atoms with Gasteiger partial charge in [0.1, 0.15) is 0 Å². The third-order valence-corrected chi connectivity index (χ3v) is 5.14. The lowest BCUT2D eigenvalue weighted by Gasteiger charge is -2.27. The van der Waals surface area contributed by atoms with E-state index in [0.717, 1.165) is 23.7 Å². The molecule has 18 heavy (non-hydrogen) atoms. The Morgan fingerprint density at radius 3 is 2.00 bits per heavy atom. The third-order valence-electron chi connectivity index (χ3n) is 5.14. The summed E-state index contributed by atoms with van der Waals surface area (Å²) in [6.45, 7) is 9.65. The molecule has 1 fully saturated rings. The highest BCUT2D eigenvalue weighted by Gasteiger charge is 2.21. The molecular formula is C18H36. The predicted octanol–water partition coefficient (Wildman–Crippen LogP) is 6.45. The van der Waals surface area contributed by atoms with Crippen LogP contribution in [-0.2, 0) is 0 Å². The fraction of sp³-hybridized carbons (Fsp3) is 1.00. The molecule has 2 unspecified atom stereocenters. The first kappa shape index (κ1) is 16.1. The minimum absolute atomic E-state index is 0.882. The molecule has 0 radical (unpaired) electrons. The van der Waals surface area contributed by atoms with Gasteiger partial charge in [-0.05, 0) is 30.1 Å². The first-order valence-electron chi connectivity index (χ1n) is 8.63. The highest BCUT2D eigenvalue weighted by molar-refractivity contribution is 4.73. The summed E-state index contributed by atoms with van der Waals surface area (Å²) in [6, 6.07) is 0. The van der Waals surface area contributed by atoms with Crippen LogP contribution in [0.25, 0.3) is 0 Å². The molecule has 108 valence electrons. The summed E-state index contributed by atoms with van der Waals surface area (Å²) in [5, 5.41) is 0. The van der Waals surface area contributed by atoms with Crippen LogP contribution in [0.3, 0.4) is 0 Å². The van der Waals surface area contributed by atoms with Gasteiger partial charge in [-0.2, -0.15) is 0 Å². The minimum atomic E-state index is 0.882. The van der Waals surface area contributed by atoms with Gasteiger partial charge in [-0.25, -0.2) is 0 Å². The van der Waals surface area contributed by atoms with Gasteiger partial charge in [0.05, 0.1) is 0 Å². The van der Waals surface area contributed by atoms with Crippen molar-refractivity contribution in [1.82, 2.24) is 0 Å². The molecule has 1 saturated carbocycles. The predicted molar refractivity (Wildman–Crippen MR) is 82.8 cm³/mol. The minimum Gasteiger partial charge on any atom is -0.0651 e. The molecule has 0 bridgehead atoms. The molecule has 0 nitrogen and oxygen atoms in total. The second kappa shape index (κ2) is 8.99. The third kappa shape index (κ3) is 6.25. The Balaban J connectivity index is 2.32. The monoisotopic (exact) mass is 252 g/mol. The van der Waals surface area contributed by atoms with Crippen molar-refractivity contribution < 1.29 is 0 Å². The zero-order valence-corrected chi connectivity index (χ0v) is 13.4. The zero-order valence-electron chi connectivity index (χ0n) is 13.4. The van der Waals surface area contributed by atoms with Crippen molar-refractivity contribution in [1.29, 1.82) is 0 Å². The van der Waals surface area contributed by atoms with E-state index in [4.69, 9.17) is 0 Å². The average molecular weight is 252 g/mol. The Bertz CT molecular complexity index is 186. The standard InChI is InChI=1S/C18H36/c1-5-17(13-12-15(2)3)14-16(4)18-10-8-6-7-9-11-18/h15-18H,5-14H2,1-4H3. The lowest BCUT2D eigenvalue weighted by molar-refractivity contribution is 0.245. The Morgan fingerprint density at radius 2 is 1.50 bits per heavy atom. The van der Waals surface area contributed by atoms with Gasteiger partial charge >= 0.3 is 0 Å². The molecule has 0 aromatic rings. The summed E-state index contributed by atoms with van der Waals surface area (Å²) in [4.78, 5) is 0. The van der Waals surface area contributed by atoms with E-state index in [0.29, 0.717) is 0 Å². The number of hydrogen-bond acceptors (Lipinski definition) is 0. The lowest BCUT2D eigenvalue weighted by atomic mass is 9.79. The molecule has 0 amide bonds. The van der Waals surface area contributed by atoms with Crippen LogP contribution in [0, 0.1) is 23.7 Å². The summed E-state index contributed by atoms with van der Waals surface area (Å²) in [7, 11) is 0. The summed E-state index contributed by atoms with van der Waals surface area (Å²) in [6.07, 6.45) is 14.8. The van der Waals surface area contributed by atoms with E-state index >= 15 is 0 Å². The molecule has 1 aliphatic carbocycles. The highest BCUT2D eigenvalue weighted by Crippen LogP contribution is 2.34. The summed E-state index contributed by atoms with van der Waals surface area (Å²) < 4.78 is 0. The van der Waals surface area contributed by atoms with Gasteiger partial charge in [-0.1, -0.05) is 85.5 Å². The summed E-state index contributed by atoms with van der Waals surface area (Å²) >= 11 is 0. The van der Waals surface area contributed by atoms with Gasteiger partial charge < -0.3 is 0 Å². The normalized spacial score (nSPS) is 21.8. The highest BCUT2D eigenvalue weighted by atomic mass is 14.3. The molecule has 0 N–H and O–H groups in total. The molecule has 0 heteroatoms. The van der Waals surface area contributed by atoms with Gasteiger partial charge in [0.15, 0.2) is 0 Å². The van der Waals surface area contributed by atoms with Crippen molar-refractivity contribution in [2.75, 3.05) is 0 Å². The van der Waals surface area contributed by atoms with Gasteiger partial charge in [-0.3, -0.25) is 0 Å². The van der Waals surface area contributed by atoms with Crippen molar-refractivity contribution in [2.24, 2.45) is 23.7 Å². The molecule has 2 atom stereocenters. The van der Waals surface area contributed by atoms with Gasteiger partial charge in [-0.15, -0.1) is 0 Å². The largest absolute Gasteiger partial charge is 0.0651 e. The van der Waals surface area contributed by atoms with Crippen molar-refractivity contribution in [2.45, 2.75) is 91.9 Å². The van der Waals surface area contributed by atoms with E-state index in [1.807, 2.05) is 0 Å². The van der Waals surface area contributed by atoms with E-state index in [2.05, 4.69) is 27.7 Å².